The molecule has 3 aromatic rings. The van der Waals surface area contributed by atoms with Crippen LogP contribution < -0.4 is 0 Å². The standard InChI is InChI=1S/C22H23N5O/c1-15-7-8-17(14-23-15)27-21-18-6-4-3-5-16(18)13-19(21)20(24-27)22(28)26-11-9-25(2)10-12-26/h3-8,14H,9-13H2,1-2H3. The number of rotatable bonds is 2. The second kappa shape index (κ2) is 6.56. The van der Waals surface area contributed by atoms with E-state index in [1.807, 2.05) is 40.9 Å². The Hall–Kier alpha value is -2.99. The number of carbonyl (C=O) groups is 1. The fourth-order valence-electron chi connectivity index (χ4n) is 4.09. The summed E-state index contributed by atoms with van der Waals surface area (Å²) in [5.41, 5.74) is 6.89. The summed E-state index contributed by atoms with van der Waals surface area (Å²) in [6.45, 7) is 5.26. The summed E-state index contributed by atoms with van der Waals surface area (Å²) < 4.78 is 1.90. The van der Waals surface area contributed by atoms with Crippen LogP contribution in [0.5, 0.6) is 0 Å². The van der Waals surface area contributed by atoms with Crippen LogP contribution in [0.15, 0.2) is 42.6 Å². The number of nitrogens with zero attached hydrogens (tertiary/aromatic N) is 5. The van der Waals surface area contributed by atoms with E-state index in [0.717, 1.165) is 60.8 Å². The highest BCUT2D eigenvalue weighted by atomic mass is 16.2. The van der Waals surface area contributed by atoms with Crippen molar-refractivity contribution in [2.75, 3.05) is 33.2 Å². The molecule has 28 heavy (non-hydrogen) atoms. The largest absolute Gasteiger partial charge is 0.335 e. The summed E-state index contributed by atoms with van der Waals surface area (Å²) >= 11 is 0. The Kier molecular flexibility index (Phi) is 4.02. The SMILES string of the molecule is Cc1ccc(-n2nc(C(=O)N3CCN(C)CC3)c3c2-c2ccccc2C3)cn1. The zero-order valence-corrected chi connectivity index (χ0v) is 16.2. The van der Waals surface area contributed by atoms with Crippen LogP contribution in [0.4, 0.5) is 0 Å². The Bertz CT molecular complexity index is 1050. The topological polar surface area (TPSA) is 54.3 Å². The molecule has 0 radical (unpaired) electrons. The van der Waals surface area contributed by atoms with Gasteiger partial charge in [0.1, 0.15) is 0 Å². The molecule has 5 rings (SSSR count). The molecular formula is C22H23N5O. The molecule has 0 saturated carbocycles. The molecule has 1 saturated heterocycles. The van der Waals surface area contributed by atoms with Gasteiger partial charge in [0.25, 0.3) is 5.91 Å². The minimum absolute atomic E-state index is 0.0379. The third-order valence-electron chi connectivity index (χ3n) is 5.76. The number of pyridine rings is 1. The molecule has 1 aromatic carbocycles. The first-order valence-electron chi connectivity index (χ1n) is 9.73. The molecule has 0 N–H and O–H groups in total. The van der Waals surface area contributed by atoms with Crippen LogP contribution >= 0.6 is 0 Å². The lowest BCUT2D eigenvalue weighted by atomic mass is 10.1. The maximum Gasteiger partial charge on any atom is 0.274 e. The van der Waals surface area contributed by atoms with E-state index in [2.05, 4.69) is 35.1 Å². The van der Waals surface area contributed by atoms with Crippen molar-refractivity contribution >= 4 is 5.91 Å². The summed E-state index contributed by atoms with van der Waals surface area (Å²) in [4.78, 5) is 21.9. The fourth-order valence-corrected chi connectivity index (χ4v) is 4.09. The highest BCUT2D eigenvalue weighted by Crippen LogP contribution is 2.40. The first-order valence-corrected chi connectivity index (χ1v) is 9.73. The lowest BCUT2D eigenvalue weighted by Crippen LogP contribution is -2.47. The highest BCUT2D eigenvalue weighted by molar-refractivity contribution is 5.97. The summed E-state index contributed by atoms with van der Waals surface area (Å²) in [5, 5.41) is 4.80. The second-order valence-electron chi connectivity index (χ2n) is 7.67. The third kappa shape index (κ3) is 2.72. The number of aryl methyl sites for hydroxylation is 1. The van der Waals surface area contributed by atoms with E-state index < -0.39 is 0 Å². The molecule has 142 valence electrons. The van der Waals surface area contributed by atoms with Crippen LogP contribution in [0, 0.1) is 6.92 Å². The average Bonchev–Trinajstić information content (AvgIpc) is 3.26. The summed E-state index contributed by atoms with van der Waals surface area (Å²) in [6, 6.07) is 12.3. The number of benzene rings is 1. The van der Waals surface area contributed by atoms with E-state index in [0.29, 0.717) is 5.69 Å². The highest BCUT2D eigenvalue weighted by Gasteiger charge is 2.33. The molecular weight excluding hydrogens is 350 g/mol. The zero-order valence-electron chi connectivity index (χ0n) is 16.2. The normalized spacial score (nSPS) is 16.1. The van der Waals surface area contributed by atoms with Crippen LogP contribution in [-0.2, 0) is 6.42 Å². The van der Waals surface area contributed by atoms with Gasteiger partial charge in [0.05, 0.1) is 17.6 Å². The molecule has 3 heterocycles. The summed E-state index contributed by atoms with van der Waals surface area (Å²) in [6.07, 6.45) is 2.58. The Labute approximate surface area is 164 Å². The fraction of sp³-hybridized carbons (Fsp3) is 0.318. The Balaban J connectivity index is 1.62. The number of hydrogen-bond donors (Lipinski definition) is 0. The van der Waals surface area contributed by atoms with Crippen LogP contribution in [-0.4, -0.2) is 63.7 Å². The van der Waals surface area contributed by atoms with Crippen LogP contribution in [0.1, 0.15) is 27.3 Å². The summed E-state index contributed by atoms with van der Waals surface area (Å²) in [5.74, 6) is 0.0379. The summed E-state index contributed by atoms with van der Waals surface area (Å²) in [7, 11) is 2.09. The van der Waals surface area contributed by atoms with Crippen molar-refractivity contribution in [3.63, 3.8) is 0 Å². The lowest BCUT2D eigenvalue weighted by Gasteiger charge is -2.32. The first kappa shape index (κ1) is 17.1. The van der Waals surface area contributed by atoms with Crippen molar-refractivity contribution < 1.29 is 4.79 Å². The van der Waals surface area contributed by atoms with Crippen molar-refractivity contribution in [1.82, 2.24) is 24.6 Å². The van der Waals surface area contributed by atoms with Gasteiger partial charge in [-0.05, 0) is 31.7 Å². The average molecular weight is 373 g/mol. The van der Waals surface area contributed by atoms with Gasteiger partial charge in [-0.25, -0.2) is 4.68 Å². The van der Waals surface area contributed by atoms with Gasteiger partial charge in [0.2, 0.25) is 0 Å². The van der Waals surface area contributed by atoms with Gasteiger partial charge in [0.15, 0.2) is 5.69 Å². The maximum absolute atomic E-state index is 13.3. The zero-order chi connectivity index (χ0) is 19.3. The van der Waals surface area contributed by atoms with Crippen molar-refractivity contribution in [1.29, 1.82) is 0 Å². The third-order valence-corrected chi connectivity index (χ3v) is 5.76. The Morgan fingerprint density at radius 3 is 2.57 bits per heavy atom. The van der Waals surface area contributed by atoms with E-state index >= 15 is 0 Å². The molecule has 1 aliphatic carbocycles. The molecule has 2 aromatic heterocycles. The quantitative estimate of drug-likeness (QED) is 0.542. The maximum atomic E-state index is 13.3. The number of piperazine rings is 1. The van der Waals surface area contributed by atoms with Gasteiger partial charge < -0.3 is 9.80 Å². The van der Waals surface area contributed by atoms with E-state index in [1.165, 1.54) is 5.56 Å². The first-order chi connectivity index (χ1) is 13.6. The molecule has 6 nitrogen and oxygen atoms in total. The molecule has 0 unspecified atom stereocenters. The van der Waals surface area contributed by atoms with E-state index in [1.54, 1.807) is 0 Å². The van der Waals surface area contributed by atoms with Gasteiger partial charge >= 0.3 is 0 Å². The van der Waals surface area contributed by atoms with Gasteiger partial charge in [0, 0.05) is 49.4 Å². The molecule has 1 fully saturated rings. The van der Waals surface area contributed by atoms with Gasteiger partial charge in [-0.3, -0.25) is 9.78 Å². The number of carbonyl (C=O) groups excluding carboxylic acids is 1. The number of fused-ring (bicyclic) bond motifs is 3. The predicted octanol–water partition coefficient (Wildman–Crippen LogP) is 2.53. The number of hydrogen-bond acceptors (Lipinski definition) is 4. The molecule has 1 aliphatic heterocycles. The molecule has 0 atom stereocenters. The van der Waals surface area contributed by atoms with Gasteiger partial charge in [-0.1, -0.05) is 24.3 Å². The number of aromatic nitrogens is 3. The molecule has 2 aliphatic rings. The van der Waals surface area contributed by atoms with Crippen LogP contribution in [0.2, 0.25) is 0 Å². The lowest BCUT2D eigenvalue weighted by molar-refractivity contribution is 0.0657. The number of amides is 1. The molecule has 6 heteroatoms. The smallest absolute Gasteiger partial charge is 0.274 e. The van der Waals surface area contributed by atoms with E-state index in [9.17, 15) is 4.79 Å². The molecule has 0 spiro atoms. The Morgan fingerprint density at radius 1 is 1.04 bits per heavy atom. The minimum atomic E-state index is 0.0379. The monoisotopic (exact) mass is 373 g/mol. The minimum Gasteiger partial charge on any atom is -0.335 e. The molecule has 1 amide bonds. The van der Waals surface area contributed by atoms with E-state index in [4.69, 9.17) is 5.10 Å². The Morgan fingerprint density at radius 2 is 1.82 bits per heavy atom. The van der Waals surface area contributed by atoms with Crippen LogP contribution in [0.25, 0.3) is 16.9 Å². The van der Waals surface area contributed by atoms with Gasteiger partial charge in [-0.15, -0.1) is 0 Å². The van der Waals surface area contributed by atoms with E-state index in [-0.39, 0.29) is 5.91 Å². The van der Waals surface area contributed by atoms with Crippen LogP contribution in [0.3, 0.4) is 0 Å². The second-order valence-corrected chi connectivity index (χ2v) is 7.67. The van der Waals surface area contributed by atoms with Crippen molar-refractivity contribution in [2.45, 2.75) is 13.3 Å². The number of likely N-dealkylation sites (N-methyl/N-ethyl adjacent to an activating group) is 1. The van der Waals surface area contributed by atoms with Crippen molar-refractivity contribution in [2.24, 2.45) is 0 Å². The van der Waals surface area contributed by atoms with Crippen molar-refractivity contribution in [3.05, 3.63) is 65.1 Å². The predicted molar refractivity (Wildman–Crippen MR) is 108 cm³/mol. The van der Waals surface area contributed by atoms with Crippen molar-refractivity contribution in [3.8, 4) is 16.9 Å². The molecule has 0 bridgehead atoms. The van der Waals surface area contributed by atoms with Gasteiger partial charge in [-0.2, -0.15) is 5.10 Å².